The van der Waals surface area contributed by atoms with Crippen LogP contribution >= 0.6 is 23.6 Å². The van der Waals surface area contributed by atoms with Crippen LogP contribution < -0.4 is 11.2 Å². The van der Waals surface area contributed by atoms with Gasteiger partial charge in [-0.3, -0.25) is 14.3 Å². The summed E-state index contributed by atoms with van der Waals surface area (Å²) in [6.45, 7) is 2.55. The van der Waals surface area contributed by atoms with Crippen molar-refractivity contribution in [1.29, 1.82) is 0 Å². The molecule has 24 heavy (non-hydrogen) atoms. The molecule has 0 amide bonds. The molecule has 0 aliphatic heterocycles. The Labute approximate surface area is 146 Å². The SMILES string of the molecule is CCCCn1c(=O)[nH]c(=O)c2c(=S)nc(C=Cc3cccs3)[nH]c21. The van der Waals surface area contributed by atoms with Gasteiger partial charge in [0.05, 0.1) is 0 Å². The second kappa shape index (κ2) is 7.06. The fraction of sp³-hybridized carbons (Fsp3) is 0.250. The highest BCUT2D eigenvalue weighted by Gasteiger charge is 2.11. The van der Waals surface area contributed by atoms with Crippen molar-refractivity contribution in [3.8, 4) is 0 Å². The summed E-state index contributed by atoms with van der Waals surface area (Å²) in [4.78, 5) is 34.9. The largest absolute Gasteiger partial charge is 0.329 e. The van der Waals surface area contributed by atoms with Crippen LogP contribution in [0.5, 0.6) is 0 Å². The van der Waals surface area contributed by atoms with Crippen molar-refractivity contribution in [3.05, 3.63) is 53.7 Å². The van der Waals surface area contributed by atoms with E-state index in [0.717, 1.165) is 17.7 Å². The van der Waals surface area contributed by atoms with E-state index in [0.29, 0.717) is 18.0 Å². The van der Waals surface area contributed by atoms with Gasteiger partial charge in [-0.05, 0) is 30.0 Å². The van der Waals surface area contributed by atoms with Crippen LogP contribution in [0.4, 0.5) is 0 Å². The molecule has 8 heteroatoms. The van der Waals surface area contributed by atoms with Crippen LogP contribution in [0.15, 0.2) is 27.1 Å². The Balaban J connectivity index is 2.19. The molecular weight excluding hydrogens is 344 g/mol. The van der Waals surface area contributed by atoms with Gasteiger partial charge in [-0.2, -0.15) is 0 Å². The molecule has 0 aliphatic rings. The number of unbranched alkanes of at least 4 members (excludes halogenated alkanes) is 1. The van der Waals surface area contributed by atoms with E-state index in [1.165, 1.54) is 4.57 Å². The third-order valence-electron chi connectivity index (χ3n) is 3.57. The van der Waals surface area contributed by atoms with Crippen molar-refractivity contribution in [1.82, 2.24) is 19.5 Å². The topological polar surface area (TPSA) is 83.5 Å². The Hall–Kier alpha value is -2.32. The first-order chi connectivity index (χ1) is 11.6. The van der Waals surface area contributed by atoms with Crippen molar-refractivity contribution in [2.75, 3.05) is 0 Å². The van der Waals surface area contributed by atoms with Gasteiger partial charge < -0.3 is 4.98 Å². The molecule has 0 aliphatic carbocycles. The molecule has 0 saturated carbocycles. The van der Waals surface area contributed by atoms with E-state index >= 15 is 0 Å². The van der Waals surface area contributed by atoms with E-state index in [1.54, 1.807) is 17.4 Å². The van der Waals surface area contributed by atoms with Gasteiger partial charge in [-0.15, -0.1) is 11.3 Å². The third-order valence-corrected chi connectivity index (χ3v) is 4.70. The van der Waals surface area contributed by atoms with Gasteiger partial charge in [-0.1, -0.05) is 31.6 Å². The quantitative estimate of drug-likeness (QED) is 0.685. The predicted octanol–water partition coefficient (Wildman–Crippen LogP) is 3.17. The third kappa shape index (κ3) is 3.29. The second-order valence-electron chi connectivity index (χ2n) is 5.26. The molecule has 3 rings (SSSR count). The van der Waals surface area contributed by atoms with Crippen LogP contribution in [0.2, 0.25) is 0 Å². The van der Waals surface area contributed by atoms with Gasteiger partial charge in [-0.25, -0.2) is 9.78 Å². The fourth-order valence-electron chi connectivity index (χ4n) is 2.37. The zero-order valence-electron chi connectivity index (χ0n) is 13.0. The van der Waals surface area contributed by atoms with Gasteiger partial charge in [0.2, 0.25) is 0 Å². The number of thiophene rings is 1. The molecule has 0 spiro atoms. The number of hydrogen-bond acceptors (Lipinski definition) is 5. The van der Waals surface area contributed by atoms with Gasteiger partial charge in [0.15, 0.2) is 0 Å². The molecule has 3 aromatic heterocycles. The van der Waals surface area contributed by atoms with Crippen LogP contribution in [0.25, 0.3) is 23.2 Å². The standard InChI is InChI=1S/C16H16N4O2S2/c1-2-3-8-20-13-12(14(21)19-16(20)22)15(23)18-11(17-13)7-6-10-5-4-9-24-10/h4-7,9H,2-3,8H2,1H3,(H,17,18,23)(H,19,21,22). The highest BCUT2D eigenvalue weighted by Crippen LogP contribution is 2.13. The number of nitrogens with one attached hydrogen (secondary N) is 2. The van der Waals surface area contributed by atoms with E-state index in [-0.39, 0.29) is 10.0 Å². The summed E-state index contributed by atoms with van der Waals surface area (Å²) in [6.07, 6.45) is 5.46. The average Bonchev–Trinajstić information content (AvgIpc) is 3.05. The Morgan fingerprint density at radius 1 is 1.33 bits per heavy atom. The lowest BCUT2D eigenvalue weighted by Gasteiger charge is -2.09. The molecule has 2 N–H and O–H groups in total. The van der Waals surface area contributed by atoms with Crippen molar-refractivity contribution in [2.45, 2.75) is 26.3 Å². The normalized spacial score (nSPS) is 11.5. The number of aryl methyl sites for hydroxylation is 1. The minimum atomic E-state index is -0.509. The minimum Gasteiger partial charge on any atom is -0.325 e. The van der Waals surface area contributed by atoms with Gasteiger partial charge in [0.1, 0.15) is 21.5 Å². The number of hydrogen-bond donors (Lipinski definition) is 2. The maximum atomic E-state index is 12.1. The Bertz CT molecular complexity index is 1060. The summed E-state index contributed by atoms with van der Waals surface area (Å²) in [7, 11) is 0. The number of aromatic amines is 2. The lowest BCUT2D eigenvalue weighted by molar-refractivity contribution is 0.612. The Morgan fingerprint density at radius 3 is 2.88 bits per heavy atom. The monoisotopic (exact) mass is 360 g/mol. The molecular formula is C16H16N4O2S2. The highest BCUT2D eigenvalue weighted by atomic mass is 32.1. The molecule has 3 aromatic rings. The van der Waals surface area contributed by atoms with Gasteiger partial charge in [0.25, 0.3) is 5.56 Å². The molecule has 0 atom stereocenters. The van der Waals surface area contributed by atoms with E-state index in [9.17, 15) is 9.59 Å². The lowest BCUT2D eigenvalue weighted by Crippen LogP contribution is -2.31. The van der Waals surface area contributed by atoms with Crippen LogP contribution in [-0.4, -0.2) is 19.5 Å². The van der Waals surface area contributed by atoms with Crippen molar-refractivity contribution < 1.29 is 0 Å². The lowest BCUT2D eigenvalue weighted by atomic mass is 10.3. The zero-order chi connectivity index (χ0) is 17.1. The molecule has 3 heterocycles. The maximum absolute atomic E-state index is 12.1. The first kappa shape index (κ1) is 16.5. The number of fused-ring (bicyclic) bond motifs is 1. The first-order valence-corrected chi connectivity index (χ1v) is 8.87. The molecule has 0 radical (unpaired) electrons. The molecule has 0 unspecified atom stereocenters. The molecule has 0 saturated heterocycles. The minimum absolute atomic E-state index is 0.182. The Morgan fingerprint density at radius 2 is 2.17 bits per heavy atom. The molecule has 124 valence electrons. The van der Waals surface area contributed by atoms with E-state index in [4.69, 9.17) is 12.2 Å². The van der Waals surface area contributed by atoms with Crippen LogP contribution in [0.1, 0.15) is 30.5 Å². The summed E-state index contributed by atoms with van der Waals surface area (Å²) in [6, 6.07) is 3.95. The summed E-state index contributed by atoms with van der Waals surface area (Å²) >= 11 is 6.87. The van der Waals surface area contributed by atoms with Crippen LogP contribution in [0, 0.1) is 4.64 Å². The van der Waals surface area contributed by atoms with Gasteiger partial charge in [0, 0.05) is 11.4 Å². The van der Waals surface area contributed by atoms with Gasteiger partial charge >= 0.3 is 5.69 Å². The number of nitrogens with zero attached hydrogens (tertiary/aromatic N) is 2. The number of rotatable bonds is 5. The Kier molecular flexibility index (Phi) is 4.86. The number of H-pyrrole nitrogens is 2. The zero-order valence-corrected chi connectivity index (χ0v) is 14.7. The molecule has 6 nitrogen and oxygen atoms in total. The fourth-order valence-corrected chi connectivity index (χ4v) is 3.28. The summed E-state index contributed by atoms with van der Waals surface area (Å²) in [5, 5.41) is 2.23. The first-order valence-electron chi connectivity index (χ1n) is 7.59. The summed E-state index contributed by atoms with van der Waals surface area (Å²) in [5.74, 6) is 0.510. The van der Waals surface area contributed by atoms with E-state index in [1.807, 2.05) is 30.5 Å². The highest BCUT2D eigenvalue weighted by molar-refractivity contribution is 7.71. The summed E-state index contributed by atoms with van der Waals surface area (Å²) < 4.78 is 1.70. The molecule has 0 bridgehead atoms. The van der Waals surface area contributed by atoms with Crippen LogP contribution in [0.3, 0.4) is 0 Å². The van der Waals surface area contributed by atoms with Crippen molar-refractivity contribution in [2.24, 2.45) is 0 Å². The summed E-state index contributed by atoms with van der Waals surface area (Å²) in [5.41, 5.74) is -0.528. The van der Waals surface area contributed by atoms with Crippen LogP contribution in [-0.2, 0) is 6.54 Å². The smallest absolute Gasteiger partial charge is 0.325 e. The van der Waals surface area contributed by atoms with Crippen molar-refractivity contribution in [3.63, 3.8) is 0 Å². The molecule has 0 fully saturated rings. The van der Waals surface area contributed by atoms with Crippen molar-refractivity contribution >= 4 is 46.7 Å². The second-order valence-corrected chi connectivity index (χ2v) is 6.63. The van der Waals surface area contributed by atoms with E-state index in [2.05, 4.69) is 15.0 Å². The predicted molar refractivity (Wildman–Crippen MR) is 100.0 cm³/mol. The molecule has 0 aromatic carbocycles. The maximum Gasteiger partial charge on any atom is 0.329 e. The average molecular weight is 360 g/mol. The number of aromatic nitrogens is 4. The van der Waals surface area contributed by atoms with E-state index < -0.39 is 11.2 Å².